The molecular weight excluding hydrogens is 382 g/mol. The number of hydrogen-bond donors (Lipinski definition) is 1. The number of halogens is 3. The molecule has 126 valence electrons. The first-order valence-electron chi connectivity index (χ1n) is 7.18. The summed E-state index contributed by atoms with van der Waals surface area (Å²) in [6.45, 7) is 1.78. The molecule has 0 unspecified atom stereocenters. The summed E-state index contributed by atoms with van der Waals surface area (Å²) >= 11 is 3.37. The van der Waals surface area contributed by atoms with Gasteiger partial charge in [0, 0.05) is 5.56 Å². The van der Waals surface area contributed by atoms with Crippen molar-refractivity contribution in [3.63, 3.8) is 0 Å². The lowest BCUT2D eigenvalue weighted by Gasteiger charge is -2.08. The van der Waals surface area contributed by atoms with E-state index in [1.165, 1.54) is 12.1 Å². The van der Waals surface area contributed by atoms with Crippen molar-refractivity contribution in [1.29, 1.82) is 0 Å². The van der Waals surface area contributed by atoms with E-state index in [1.807, 2.05) is 19.1 Å². The van der Waals surface area contributed by atoms with Crippen molar-refractivity contribution < 1.29 is 18.3 Å². The van der Waals surface area contributed by atoms with Crippen LogP contribution in [-0.2, 0) is 11.2 Å². The molecule has 4 nitrogen and oxygen atoms in total. The van der Waals surface area contributed by atoms with Gasteiger partial charge in [-0.2, -0.15) is 5.10 Å². The third-order valence-corrected chi connectivity index (χ3v) is 3.76. The number of rotatable bonds is 6. The molecule has 0 aromatic heterocycles. The highest BCUT2D eigenvalue weighted by Gasteiger charge is 2.07. The van der Waals surface area contributed by atoms with Crippen molar-refractivity contribution in [3.8, 4) is 5.75 Å². The molecule has 7 heteroatoms. The largest absolute Gasteiger partial charge is 0.483 e. The molecule has 0 spiro atoms. The Morgan fingerprint density at radius 2 is 2.12 bits per heavy atom. The van der Waals surface area contributed by atoms with E-state index in [4.69, 9.17) is 4.74 Å². The molecule has 0 radical (unpaired) electrons. The van der Waals surface area contributed by atoms with Crippen molar-refractivity contribution in [3.05, 3.63) is 63.6 Å². The van der Waals surface area contributed by atoms with E-state index in [9.17, 15) is 13.6 Å². The van der Waals surface area contributed by atoms with Gasteiger partial charge in [0.1, 0.15) is 5.75 Å². The summed E-state index contributed by atoms with van der Waals surface area (Å²) < 4.78 is 32.5. The van der Waals surface area contributed by atoms with Crippen LogP contribution in [0.4, 0.5) is 8.78 Å². The van der Waals surface area contributed by atoms with Crippen LogP contribution in [0.5, 0.6) is 5.75 Å². The Morgan fingerprint density at radius 3 is 2.83 bits per heavy atom. The normalized spacial score (nSPS) is 10.8. The zero-order valence-electron chi connectivity index (χ0n) is 12.9. The third-order valence-electron chi connectivity index (χ3n) is 3.14. The van der Waals surface area contributed by atoms with Crippen LogP contribution in [0.1, 0.15) is 18.1 Å². The van der Waals surface area contributed by atoms with Gasteiger partial charge in [-0.25, -0.2) is 14.2 Å². The number of ether oxygens (including phenoxy) is 1. The zero-order valence-corrected chi connectivity index (χ0v) is 14.4. The predicted octanol–water partition coefficient (Wildman–Crippen LogP) is 3.82. The second-order valence-electron chi connectivity index (χ2n) is 4.84. The zero-order chi connectivity index (χ0) is 17.5. The van der Waals surface area contributed by atoms with E-state index in [-0.39, 0.29) is 12.2 Å². The average molecular weight is 397 g/mol. The number of nitrogens with zero attached hydrogens (tertiary/aromatic N) is 1. The maximum atomic E-state index is 13.4. The second-order valence-corrected chi connectivity index (χ2v) is 5.70. The molecule has 2 aromatic carbocycles. The first-order valence-corrected chi connectivity index (χ1v) is 7.97. The maximum Gasteiger partial charge on any atom is 0.277 e. The van der Waals surface area contributed by atoms with Crippen LogP contribution in [0.3, 0.4) is 0 Å². The van der Waals surface area contributed by atoms with Crippen LogP contribution in [0, 0.1) is 11.6 Å². The summed E-state index contributed by atoms with van der Waals surface area (Å²) in [4.78, 5) is 11.7. The molecule has 1 amide bonds. The first-order chi connectivity index (χ1) is 11.5. The highest BCUT2D eigenvalue weighted by molar-refractivity contribution is 9.10. The smallest absolute Gasteiger partial charge is 0.277 e. The van der Waals surface area contributed by atoms with E-state index >= 15 is 0 Å². The van der Waals surface area contributed by atoms with E-state index in [0.717, 1.165) is 28.7 Å². The van der Waals surface area contributed by atoms with E-state index in [2.05, 4.69) is 26.5 Å². The molecule has 2 rings (SSSR count). The van der Waals surface area contributed by atoms with Crippen molar-refractivity contribution in [1.82, 2.24) is 5.43 Å². The van der Waals surface area contributed by atoms with Crippen molar-refractivity contribution in [2.75, 3.05) is 6.61 Å². The van der Waals surface area contributed by atoms with Gasteiger partial charge in [0.15, 0.2) is 18.2 Å². The Bertz CT molecular complexity index is 766. The molecule has 1 N–H and O–H groups in total. The quantitative estimate of drug-likeness (QED) is 0.595. The highest BCUT2D eigenvalue weighted by atomic mass is 79.9. The fourth-order valence-corrected chi connectivity index (χ4v) is 2.39. The van der Waals surface area contributed by atoms with Gasteiger partial charge < -0.3 is 4.74 Å². The number of benzene rings is 2. The number of hydrazone groups is 1. The van der Waals surface area contributed by atoms with Gasteiger partial charge in [0.25, 0.3) is 5.91 Å². The van der Waals surface area contributed by atoms with Crippen molar-refractivity contribution in [2.45, 2.75) is 13.3 Å². The van der Waals surface area contributed by atoms with Crippen LogP contribution in [-0.4, -0.2) is 18.7 Å². The molecule has 0 aliphatic heterocycles. The molecule has 0 saturated carbocycles. The monoisotopic (exact) mass is 396 g/mol. The molecule has 0 saturated heterocycles. The van der Waals surface area contributed by atoms with Gasteiger partial charge >= 0.3 is 0 Å². The van der Waals surface area contributed by atoms with Crippen LogP contribution in [0.25, 0.3) is 0 Å². The fourth-order valence-electron chi connectivity index (χ4n) is 1.85. The minimum Gasteiger partial charge on any atom is -0.483 e. The number of aryl methyl sites for hydroxylation is 1. The predicted molar refractivity (Wildman–Crippen MR) is 91.1 cm³/mol. The van der Waals surface area contributed by atoms with E-state index < -0.39 is 17.5 Å². The number of nitrogens with one attached hydrogen (secondary N) is 1. The van der Waals surface area contributed by atoms with Crippen LogP contribution >= 0.6 is 15.9 Å². The van der Waals surface area contributed by atoms with Gasteiger partial charge in [0.2, 0.25) is 0 Å². The minimum atomic E-state index is -1.02. The van der Waals surface area contributed by atoms with Crippen LogP contribution < -0.4 is 10.2 Å². The molecule has 0 fully saturated rings. The summed E-state index contributed by atoms with van der Waals surface area (Å²) in [6, 6.07) is 9.28. The summed E-state index contributed by atoms with van der Waals surface area (Å²) in [5.74, 6) is -1.99. The Kier molecular flexibility index (Phi) is 6.43. The molecule has 0 atom stereocenters. The number of amides is 1. The van der Waals surface area contributed by atoms with E-state index in [1.54, 1.807) is 6.07 Å². The van der Waals surface area contributed by atoms with Crippen LogP contribution in [0.15, 0.2) is 46.0 Å². The number of carbonyl (C=O) groups excluding carboxylic acids is 1. The van der Waals surface area contributed by atoms with Gasteiger partial charge in [0.05, 0.1) is 10.7 Å². The summed E-state index contributed by atoms with van der Waals surface area (Å²) in [7, 11) is 0. The lowest BCUT2D eigenvalue weighted by molar-refractivity contribution is -0.123. The highest BCUT2D eigenvalue weighted by Crippen LogP contribution is 2.26. The Balaban J connectivity index is 1.87. The number of hydrogen-bond acceptors (Lipinski definition) is 3. The Hall–Kier alpha value is -2.28. The van der Waals surface area contributed by atoms with E-state index in [0.29, 0.717) is 5.75 Å². The summed E-state index contributed by atoms with van der Waals surface area (Å²) in [5.41, 5.74) is 3.27. The van der Waals surface area contributed by atoms with Crippen molar-refractivity contribution >= 4 is 28.1 Å². The molecule has 24 heavy (non-hydrogen) atoms. The number of carbonyl (C=O) groups is 1. The topological polar surface area (TPSA) is 50.7 Å². The third kappa shape index (κ3) is 4.86. The van der Waals surface area contributed by atoms with Gasteiger partial charge in [-0.3, -0.25) is 4.79 Å². The molecule has 0 bridgehead atoms. The van der Waals surface area contributed by atoms with Crippen molar-refractivity contribution in [2.24, 2.45) is 5.10 Å². The van der Waals surface area contributed by atoms with Gasteiger partial charge in [-0.1, -0.05) is 25.1 Å². The first kappa shape index (κ1) is 18.1. The summed E-state index contributed by atoms with van der Waals surface area (Å²) in [5, 5.41) is 3.58. The SMILES string of the molecule is CCc1ccc(OCC(=O)NN=Cc2cccc(F)c2F)c(Br)c1. The summed E-state index contributed by atoms with van der Waals surface area (Å²) in [6.07, 6.45) is 1.92. The molecule has 0 aliphatic rings. The average Bonchev–Trinajstić information content (AvgIpc) is 2.57. The molecule has 2 aromatic rings. The second kappa shape index (κ2) is 8.54. The van der Waals surface area contributed by atoms with Gasteiger partial charge in [-0.15, -0.1) is 0 Å². The fraction of sp³-hybridized carbons (Fsp3) is 0.176. The lowest BCUT2D eigenvalue weighted by Crippen LogP contribution is -2.24. The minimum absolute atomic E-state index is 0.0610. The molecular formula is C17H15BrF2N2O2. The lowest BCUT2D eigenvalue weighted by atomic mass is 10.2. The standard InChI is InChI=1S/C17H15BrF2N2O2/c1-2-11-6-7-15(13(18)8-11)24-10-16(23)22-21-9-12-4-3-5-14(19)17(12)20/h3-9H,2,10H2,1H3,(H,22,23). The molecule has 0 aliphatic carbocycles. The van der Waals surface area contributed by atoms with Crippen LogP contribution in [0.2, 0.25) is 0 Å². The Morgan fingerprint density at radius 1 is 1.33 bits per heavy atom. The van der Waals surface area contributed by atoms with Gasteiger partial charge in [-0.05, 0) is 46.1 Å². The Labute approximate surface area is 146 Å². The maximum absolute atomic E-state index is 13.4. The molecule has 0 heterocycles.